The predicted molar refractivity (Wildman–Crippen MR) is 200 cm³/mol. The lowest BCUT2D eigenvalue weighted by Gasteiger charge is -2.40. The molecule has 2 amide bonds. The van der Waals surface area contributed by atoms with Crippen molar-refractivity contribution in [2.45, 2.75) is 61.5 Å². The van der Waals surface area contributed by atoms with Crippen LogP contribution in [0.25, 0.3) is 0 Å². The normalized spacial score (nSPS) is 17.4. The van der Waals surface area contributed by atoms with Gasteiger partial charge in [-0.2, -0.15) is 4.31 Å². The molecule has 1 aliphatic rings. The van der Waals surface area contributed by atoms with Crippen molar-refractivity contribution in [3.8, 4) is 5.75 Å². The Balaban J connectivity index is 1.37. The SMILES string of the molecule is COC(=O)N[C@H](C(=O)Nc1cccc(F)c1CCC[C@H]1CNC[C@H](C)N1S(=O)(=O)c1ccc(OC)cc1)[C@@H](Cc1ccc(F)cc1)c1ccc(Cl)cc1. The number of benzene rings is 4. The summed E-state index contributed by atoms with van der Waals surface area (Å²) in [5.41, 5.74) is 1.82. The smallest absolute Gasteiger partial charge is 0.407 e. The van der Waals surface area contributed by atoms with Crippen LogP contribution in [0.3, 0.4) is 0 Å². The van der Waals surface area contributed by atoms with E-state index in [1.807, 2.05) is 6.92 Å². The van der Waals surface area contributed by atoms with Gasteiger partial charge < -0.3 is 25.4 Å². The van der Waals surface area contributed by atoms with Gasteiger partial charge in [0.25, 0.3) is 0 Å². The highest BCUT2D eigenvalue weighted by molar-refractivity contribution is 7.89. The molecule has 4 atom stereocenters. The molecule has 0 aliphatic carbocycles. The monoisotopic (exact) mass is 768 g/mol. The van der Waals surface area contributed by atoms with E-state index >= 15 is 4.39 Å². The Morgan fingerprint density at radius 1 is 0.962 bits per heavy atom. The van der Waals surface area contributed by atoms with Gasteiger partial charge in [0.05, 0.1) is 19.1 Å². The molecule has 1 fully saturated rings. The maximum absolute atomic E-state index is 15.5. The van der Waals surface area contributed by atoms with Crippen molar-refractivity contribution in [1.29, 1.82) is 0 Å². The van der Waals surface area contributed by atoms with Crippen molar-refractivity contribution in [2.24, 2.45) is 0 Å². The van der Waals surface area contributed by atoms with Crippen molar-refractivity contribution in [1.82, 2.24) is 14.9 Å². The van der Waals surface area contributed by atoms with Crippen LogP contribution in [-0.4, -0.2) is 70.2 Å². The van der Waals surface area contributed by atoms with Gasteiger partial charge in [-0.3, -0.25) is 4.79 Å². The van der Waals surface area contributed by atoms with Crippen LogP contribution in [0.2, 0.25) is 5.02 Å². The van der Waals surface area contributed by atoms with E-state index in [1.165, 1.54) is 54.9 Å². The molecule has 0 aromatic heterocycles. The van der Waals surface area contributed by atoms with Gasteiger partial charge in [-0.15, -0.1) is 0 Å². The lowest BCUT2D eigenvalue weighted by molar-refractivity contribution is -0.118. The van der Waals surface area contributed by atoms with Crippen LogP contribution in [0.1, 0.15) is 42.4 Å². The van der Waals surface area contributed by atoms with Gasteiger partial charge in [0.15, 0.2) is 0 Å². The number of carbonyl (C=O) groups excluding carboxylic acids is 2. The number of anilines is 1. The van der Waals surface area contributed by atoms with E-state index in [4.69, 9.17) is 21.1 Å². The summed E-state index contributed by atoms with van der Waals surface area (Å²) >= 11 is 6.16. The van der Waals surface area contributed by atoms with Crippen LogP contribution < -0.4 is 20.7 Å². The molecule has 0 radical (unpaired) electrons. The summed E-state index contributed by atoms with van der Waals surface area (Å²) in [7, 11) is -1.17. The van der Waals surface area contributed by atoms with Crippen LogP contribution in [-0.2, 0) is 32.4 Å². The summed E-state index contributed by atoms with van der Waals surface area (Å²) in [6, 6.07) is 21.3. The van der Waals surface area contributed by atoms with Crippen LogP contribution >= 0.6 is 11.6 Å². The topological polar surface area (TPSA) is 126 Å². The quantitative estimate of drug-likeness (QED) is 0.131. The number of hydrogen-bond acceptors (Lipinski definition) is 7. The van der Waals surface area contributed by atoms with Gasteiger partial charge in [0, 0.05) is 47.4 Å². The highest BCUT2D eigenvalue weighted by atomic mass is 35.5. The molecular formula is C39H43ClF2N4O6S. The molecular weight excluding hydrogens is 726 g/mol. The summed E-state index contributed by atoms with van der Waals surface area (Å²) < 4.78 is 68.5. The number of alkyl carbamates (subject to hydrolysis) is 1. The highest BCUT2D eigenvalue weighted by Gasteiger charge is 2.38. The average Bonchev–Trinajstić information content (AvgIpc) is 3.15. The Bertz CT molecular complexity index is 1970. The Kier molecular flexibility index (Phi) is 13.4. The Hall–Kier alpha value is -4.56. The minimum absolute atomic E-state index is 0.155. The van der Waals surface area contributed by atoms with Crippen molar-refractivity contribution < 1.29 is 36.3 Å². The second-order valence-electron chi connectivity index (χ2n) is 12.9. The molecule has 53 heavy (non-hydrogen) atoms. The third kappa shape index (κ3) is 9.91. The average molecular weight is 769 g/mol. The zero-order valence-corrected chi connectivity index (χ0v) is 31.2. The van der Waals surface area contributed by atoms with E-state index in [1.54, 1.807) is 54.6 Å². The second-order valence-corrected chi connectivity index (χ2v) is 15.2. The minimum atomic E-state index is -3.86. The molecule has 0 bridgehead atoms. The molecule has 1 aliphatic heterocycles. The number of sulfonamides is 1. The van der Waals surface area contributed by atoms with Crippen molar-refractivity contribution in [3.63, 3.8) is 0 Å². The molecule has 0 spiro atoms. The number of amides is 2. The van der Waals surface area contributed by atoms with Crippen molar-refractivity contribution in [3.05, 3.63) is 124 Å². The number of nitrogens with zero attached hydrogens (tertiary/aromatic N) is 1. The summed E-state index contributed by atoms with van der Waals surface area (Å²) in [5, 5.41) is 9.26. The molecule has 282 valence electrons. The zero-order chi connectivity index (χ0) is 38.1. The molecule has 0 saturated carbocycles. The Labute approximate surface area is 313 Å². The van der Waals surface area contributed by atoms with Crippen LogP contribution in [0.4, 0.5) is 19.3 Å². The molecule has 4 aromatic rings. The van der Waals surface area contributed by atoms with E-state index in [-0.39, 0.29) is 35.0 Å². The van der Waals surface area contributed by atoms with Gasteiger partial charge in [0.2, 0.25) is 15.9 Å². The van der Waals surface area contributed by atoms with E-state index in [0.29, 0.717) is 47.8 Å². The minimum Gasteiger partial charge on any atom is -0.497 e. The third-order valence-electron chi connectivity index (χ3n) is 9.40. The van der Waals surface area contributed by atoms with Crippen LogP contribution in [0.5, 0.6) is 5.75 Å². The first-order chi connectivity index (χ1) is 25.4. The molecule has 14 heteroatoms. The molecule has 3 N–H and O–H groups in total. The molecule has 4 aromatic carbocycles. The molecule has 1 saturated heterocycles. The number of nitrogens with one attached hydrogen (secondary N) is 3. The number of rotatable bonds is 14. The first-order valence-electron chi connectivity index (χ1n) is 17.2. The maximum atomic E-state index is 15.5. The fraction of sp³-hybridized carbons (Fsp3) is 0.333. The summed E-state index contributed by atoms with van der Waals surface area (Å²) in [5.74, 6) is -1.72. The zero-order valence-electron chi connectivity index (χ0n) is 29.7. The standard InChI is InChI=1S/C39H43ClF2N4O6S/c1-25-23-43-24-30(46(25)53(49,50)32-20-18-31(51-2)19-21-32)6-4-7-33-35(42)8-5-9-36(33)44-38(47)37(45-39(48)52-3)34(27-12-14-28(40)15-13-27)22-26-10-16-29(41)17-11-26/h5,8-21,25,30,34,37,43H,4,6-7,22-24H2,1-3H3,(H,44,47)(H,45,48)/t25-,30-,34-,37-/m0/s1. The highest BCUT2D eigenvalue weighted by Crippen LogP contribution is 2.31. The fourth-order valence-corrected chi connectivity index (χ4v) is 8.70. The van der Waals surface area contributed by atoms with Crippen molar-refractivity contribution in [2.75, 3.05) is 32.6 Å². The van der Waals surface area contributed by atoms with Gasteiger partial charge >= 0.3 is 6.09 Å². The number of halogens is 3. The lowest BCUT2D eigenvalue weighted by Crippen LogP contribution is -2.58. The van der Waals surface area contributed by atoms with Gasteiger partial charge in [0.1, 0.15) is 23.4 Å². The first kappa shape index (κ1) is 39.6. The molecule has 10 nitrogen and oxygen atoms in total. The number of carbonyl (C=O) groups is 2. The van der Waals surface area contributed by atoms with Gasteiger partial charge in [-0.05, 0) is 104 Å². The number of ether oxygens (including phenoxy) is 2. The van der Waals surface area contributed by atoms with Gasteiger partial charge in [-0.1, -0.05) is 41.9 Å². The first-order valence-corrected chi connectivity index (χ1v) is 19.0. The largest absolute Gasteiger partial charge is 0.497 e. The Morgan fingerprint density at radius 2 is 1.66 bits per heavy atom. The summed E-state index contributed by atoms with van der Waals surface area (Å²) in [6.45, 7) is 2.74. The summed E-state index contributed by atoms with van der Waals surface area (Å²) in [6.07, 6.45) is 0.377. The predicted octanol–water partition coefficient (Wildman–Crippen LogP) is 6.69. The molecule has 1 heterocycles. The Morgan fingerprint density at radius 3 is 2.32 bits per heavy atom. The van der Waals surface area contributed by atoms with E-state index in [0.717, 1.165) is 0 Å². The fourth-order valence-electron chi connectivity index (χ4n) is 6.73. The summed E-state index contributed by atoms with van der Waals surface area (Å²) in [4.78, 5) is 26.9. The second kappa shape index (κ2) is 18.0. The third-order valence-corrected chi connectivity index (χ3v) is 11.7. The molecule has 5 rings (SSSR count). The number of methoxy groups -OCH3 is 2. The van der Waals surface area contributed by atoms with E-state index in [9.17, 15) is 22.4 Å². The maximum Gasteiger partial charge on any atom is 0.407 e. The van der Waals surface area contributed by atoms with E-state index in [2.05, 4.69) is 16.0 Å². The van der Waals surface area contributed by atoms with Gasteiger partial charge in [-0.25, -0.2) is 22.0 Å². The lowest BCUT2D eigenvalue weighted by atomic mass is 9.85. The number of hydrogen-bond donors (Lipinski definition) is 3. The van der Waals surface area contributed by atoms with Crippen molar-refractivity contribution >= 4 is 39.3 Å². The molecule has 0 unspecified atom stereocenters. The van der Waals surface area contributed by atoms with Crippen LogP contribution in [0, 0.1) is 11.6 Å². The van der Waals surface area contributed by atoms with E-state index < -0.39 is 51.7 Å². The van der Waals surface area contributed by atoms with Crippen LogP contribution in [0.15, 0.2) is 95.9 Å². The number of piperazine rings is 1.